The van der Waals surface area contributed by atoms with E-state index in [2.05, 4.69) is 10.6 Å². The van der Waals surface area contributed by atoms with Crippen LogP contribution in [0.15, 0.2) is 42.5 Å². The van der Waals surface area contributed by atoms with Crippen LogP contribution in [-0.4, -0.2) is 39.7 Å². The molecule has 8 nitrogen and oxygen atoms in total. The van der Waals surface area contributed by atoms with Gasteiger partial charge in [-0.15, -0.1) is 0 Å². The summed E-state index contributed by atoms with van der Waals surface area (Å²) in [6.07, 6.45) is -0.240. The smallest absolute Gasteiger partial charge is 0.303 e. The minimum atomic E-state index is -1.67. The second-order valence-corrected chi connectivity index (χ2v) is 8.90. The van der Waals surface area contributed by atoms with Gasteiger partial charge >= 0.3 is 5.97 Å². The fourth-order valence-corrected chi connectivity index (χ4v) is 5.51. The molecule has 5 rings (SSSR count). The third-order valence-corrected chi connectivity index (χ3v) is 7.09. The molecule has 0 radical (unpaired) electrons. The standard InChI is InChI=1S/C23H19ClFN3O5/c24-14-4-2-1-3-11(14)10-28-20(31)18-16(7-8-17(29)30)27-23(19(18)21(28)32)13-9-12(25)5-6-15(13)26-22(23)33/h1-6,9,16,18-19,27H,7-8,10H2,(H,26,33)(H,29,30)/t16?,18-,19+,23?/m0/s1. The highest BCUT2D eigenvalue weighted by Crippen LogP contribution is 2.53. The molecule has 2 aromatic carbocycles. The van der Waals surface area contributed by atoms with Crippen molar-refractivity contribution in [2.75, 3.05) is 5.32 Å². The van der Waals surface area contributed by atoms with Gasteiger partial charge in [-0.3, -0.25) is 29.4 Å². The third kappa shape index (κ3) is 3.14. The van der Waals surface area contributed by atoms with Crippen LogP contribution in [0.5, 0.6) is 0 Å². The van der Waals surface area contributed by atoms with E-state index < -0.39 is 52.9 Å². The predicted octanol–water partition coefficient (Wildman–Crippen LogP) is 2.26. The van der Waals surface area contributed by atoms with Gasteiger partial charge in [0, 0.05) is 28.7 Å². The minimum absolute atomic E-state index is 0.0229. The molecule has 2 aromatic rings. The highest BCUT2D eigenvalue weighted by molar-refractivity contribution is 6.31. The van der Waals surface area contributed by atoms with E-state index in [4.69, 9.17) is 11.6 Å². The number of carboxylic acid groups (broad SMARTS) is 1. The summed E-state index contributed by atoms with van der Waals surface area (Å²) in [6, 6.07) is 9.80. The molecule has 0 aromatic heterocycles. The average Bonchev–Trinajstić information content (AvgIpc) is 3.34. The lowest BCUT2D eigenvalue weighted by atomic mass is 9.76. The quantitative estimate of drug-likeness (QED) is 0.576. The second-order valence-electron chi connectivity index (χ2n) is 8.49. The van der Waals surface area contributed by atoms with Gasteiger partial charge in [-0.25, -0.2) is 4.39 Å². The van der Waals surface area contributed by atoms with Gasteiger partial charge in [-0.1, -0.05) is 29.8 Å². The molecule has 3 amide bonds. The van der Waals surface area contributed by atoms with Crippen LogP contribution in [-0.2, 0) is 31.3 Å². The summed E-state index contributed by atoms with van der Waals surface area (Å²) in [5.74, 6) is -5.45. The van der Waals surface area contributed by atoms with E-state index in [0.717, 1.165) is 4.90 Å². The SMILES string of the molecule is O=C(O)CCC1NC2(C(=O)Nc3ccc(F)cc32)[C@H]2C(=O)N(Cc3ccccc3Cl)C(=O)[C@@H]12. The molecule has 33 heavy (non-hydrogen) atoms. The fourth-order valence-electron chi connectivity index (χ4n) is 5.31. The normalized spacial score (nSPS) is 27.8. The lowest BCUT2D eigenvalue weighted by Gasteiger charge is -2.29. The number of imide groups is 1. The Bertz CT molecular complexity index is 1220. The molecule has 3 heterocycles. The molecule has 3 N–H and O–H groups in total. The van der Waals surface area contributed by atoms with Crippen LogP contribution >= 0.6 is 11.6 Å². The molecule has 2 saturated heterocycles. The van der Waals surface area contributed by atoms with E-state index >= 15 is 0 Å². The Morgan fingerprint density at radius 2 is 1.91 bits per heavy atom. The number of nitrogens with zero attached hydrogens (tertiary/aromatic N) is 1. The van der Waals surface area contributed by atoms with E-state index in [-0.39, 0.29) is 24.9 Å². The number of hydrogen-bond donors (Lipinski definition) is 3. The Morgan fingerprint density at radius 3 is 2.64 bits per heavy atom. The molecule has 3 aliphatic heterocycles. The number of carboxylic acids is 1. The highest BCUT2D eigenvalue weighted by atomic mass is 35.5. The number of fused-ring (bicyclic) bond motifs is 4. The Kier molecular flexibility index (Phi) is 4.98. The van der Waals surface area contributed by atoms with Crippen molar-refractivity contribution in [2.45, 2.75) is 31.0 Å². The summed E-state index contributed by atoms with van der Waals surface area (Å²) < 4.78 is 14.2. The number of carbonyl (C=O) groups is 4. The first-order chi connectivity index (χ1) is 15.7. The first-order valence-electron chi connectivity index (χ1n) is 10.4. The van der Waals surface area contributed by atoms with Crippen LogP contribution in [0.4, 0.5) is 10.1 Å². The first kappa shape index (κ1) is 21.5. The van der Waals surface area contributed by atoms with Gasteiger partial charge in [0.1, 0.15) is 11.4 Å². The molecule has 2 fully saturated rings. The Labute approximate surface area is 192 Å². The summed E-state index contributed by atoms with van der Waals surface area (Å²) in [4.78, 5) is 52.6. The van der Waals surface area contributed by atoms with Crippen molar-refractivity contribution in [1.82, 2.24) is 10.2 Å². The number of likely N-dealkylation sites (tertiary alicyclic amines) is 1. The number of carbonyl (C=O) groups excluding carboxylic acids is 3. The van der Waals surface area contributed by atoms with Crippen molar-refractivity contribution in [2.24, 2.45) is 11.8 Å². The molecular formula is C23H19ClFN3O5. The van der Waals surface area contributed by atoms with Crippen molar-refractivity contribution >= 4 is 41.0 Å². The third-order valence-electron chi connectivity index (χ3n) is 6.72. The van der Waals surface area contributed by atoms with E-state index in [1.54, 1.807) is 24.3 Å². The molecule has 3 aliphatic rings. The lowest BCUT2D eigenvalue weighted by molar-refractivity contribution is -0.144. The number of aliphatic carboxylic acids is 1. The monoisotopic (exact) mass is 471 g/mol. The molecule has 0 saturated carbocycles. The number of nitrogens with one attached hydrogen (secondary N) is 2. The Balaban J connectivity index is 1.60. The van der Waals surface area contributed by atoms with Crippen molar-refractivity contribution < 1.29 is 28.7 Å². The maximum Gasteiger partial charge on any atom is 0.303 e. The maximum absolute atomic E-state index is 14.2. The van der Waals surface area contributed by atoms with Crippen molar-refractivity contribution in [3.05, 3.63) is 64.4 Å². The van der Waals surface area contributed by atoms with Gasteiger partial charge in [0.2, 0.25) is 17.7 Å². The van der Waals surface area contributed by atoms with Crippen molar-refractivity contribution in [3.8, 4) is 0 Å². The van der Waals surface area contributed by atoms with E-state index in [1.807, 2.05) is 0 Å². The van der Waals surface area contributed by atoms with E-state index in [0.29, 0.717) is 16.3 Å². The molecular weight excluding hydrogens is 453 g/mol. The molecule has 10 heteroatoms. The number of amides is 3. The Hall–Kier alpha value is -3.30. The van der Waals surface area contributed by atoms with Crippen LogP contribution in [0.1, 0.15) is 24.0 Å². The fraction of sp³-hybridized carbons (Fsp3) is 0.304. The summed E-state index contributed by atoms with van der Waals surface area (Å²) in [6.45, 7) is -0.0797. The lowest BCUT2D eigenvalue weighted by Crippen LogP contribution is -2.53. The number of anilines is 1. The number of halogens is 2. The summed E-state index contributed by atoms with van der Waals surface area (Å²) in [7, 11) is 0. The molecule has 1 spiro atoms. The summed E-state index contributed by atoms with van der Waals surface area (Å²) in [5, 5.41) is 15.3. The highest BCUT2D eigenvalue weighted by Gasteiger charge is 2.70. The van der Waals surface area contributed by atoms with Gasteiger partial charge in [0.05, 0.1) is 18.4 Å². The van der Waals surface area contributed by atoms with Gasteiger partial charge in [0.15, 0.2) is 0 Å². The minimum Gasteiger partial charge on any atom is -0.481 e. The molecule has 4 atom stereocenters. The molecule has 0 bridgehead atoms. The molecule has 170 valence electrons. The van der Waals surface area contributed by atoms with Gasteiger partial charge in [0.25, 0.3) is 0 Å². The van der Waals surface area contributed by atoms with Crippen molar-refractivity contribution in [1.29, 1.82) is 0 Å². The molecule has 2 unspecified atom stereocenters. The van der Waals surface area contributed by atoms with Crippen molar-refractivity contribution in [3.63, 3.8) is 0 Å². The van der Waals surface area contributed by atoms with Crippen LogP contribution in [0.25, 0.3) is 0 Å². The zero-order valence-corrected chi connectivity index (χ0v) is 17.9. The first-order valence-corrected chi connectivity index (χ1v) is 10.8. The zero-order valence-electron chi connectivity index (χ0n) is 17.2. The van der Waals surface area contributed by atoms with Gasteiger partial charge in [-0.2, -0.15) is 0 Å². The van der Waals surface area contributed by atoms with Crippen LogP contribution < -0.4 is 10.6 Å². The van der Waals surface area contributed by atoms with Crippen LogP contribution in [0, 0.1) is 17.7 Å². The maximum atomic E-state index is 14.2. The molecule has 0 aliphatic carbocycles. The van der Waals surface area contributed by atoms with Gasteiger partial charge in [-0.05, 0) is 36.2 Å². The largest absolute Gasteiger partial charge is 0.481 e. The summed E-state index contributed by atoms with van der Waals surface area (Å²) >= 11 is 6.23. The second kappa shape index (κ2) is 7.64. The van der Waals surface area contributed by atoms with E-state index in [1.165, 1.54) is 18.2 Å². The predicted molar refractivity (Wildman–Crippen MR) is 114 cm³/mol. The van der Waals surface area contributed by atoms with E-state index in [9.17, 15) is 28.7 Å². The van der Waals surface area contributed by atoms with Gasteiger partial charge < -0.3 is 10.4 Å². The van der Waals surface area contributed by atoms with Crippen LogP contribution in [0.2, 0.25) is 5.02 Å². The number of benzene rings is 2. The average molecular weight is 472 g/mol. The van der Waals surface area contributed by atoms with Crippen LogP contribution in [0.3, 0.4) is 0 Å². The number of rotatable bonds is 5. The number of hydrogen-bond acceptors (Lipinski definition) is 5. The topological polar surface area (TPSA) is 116 Å². The Morgan fingerprint density at radius 1 is 1.15 bits per heavy atom. The zero-order chi connectivity index (χ0) is 23.5. The summed E-state index contributed by atoms with van der Waals surface area (Å²) in [5.41, 5.74) is -0.530.